The quantitative estimate of drug-likeness (QED) is 0.152. The molecule has 0 amide bonds. The molecule has 0 spiro atoms. The number of nitrogens with zero attached hydrogens (tertiary/aromatic N) is 5. The summed E-state index contributed by atoms with van der Waals surface area (Å²) in [5.74, 6) is 2.34. The van der Waals surface area contributed by atoms with E-state index >= 15 is 0 Å². The molecular formula is C72H65N5O. The fourth-order valence-corrected chi connectivity index (χ4v) is 11.7. The Hall–Kier alpha value is -8.87. The summed E-state index contributed by atoms with van der Waals surface area (Å²) in [5.41, 5.74) is 18.4. The number of para-hydroxylation sites is 5. The summed E-state index contributed by atoms with van der Waals surface area (Å²) in [5, 5.41) is 4.69. The number of aromatic nitrogens is 3. The van der Waals surface area contributed by atoms with Crippen LogP contribution in [0.4, 0.5) is 22.7 Å². The lowest BCUT2D eigenvalue weighted by atomic mass is 9.82. The molecule has 78 heavy (non-hydrogen) atoms. The minimum Gasteiger partial charge on any atom is -0.457 e. The summed E-state index contributed by atoms with van der Waals surface area (Å²) in [7, 11) is 0. The van der Waals surface area contributed by atoms with Crippen LogP contribution in [0.2, 0.25) is 0 Å². The Morgan fingerprint density at radius 2 is 0.962 bits per heavy atom. The predicted molar refractivity (Wildman–Crippen MR) is 328 cm³/mol. The van der Waals surface area contributed by atoms with Crippen molar-refractivity contribution >= 4 is 66.4 Å². The SMILES string of the molecule is CC(C)(C)c1cc(-c2ccccc2)cc(-c2ccc(C(C)(C)C)cc2N2CN(c3cccc(Oc4cc(-n5c6ccccc6c6ccccc65)c5c6ccccc6n(-c6cc(C(C)(C)C)ccn6)c5c4)c3)c3ccccc32)c1. The predicted octanol–water partition coefficient (Wildman–Crippen LogP) is 19.5. The Labute approximate surface area is 458 Å². The Balaban J connectivity index is 0.952. The number of hydrogen-bond donors (Lipinski definition) is 0. The van der Waals surface area contributed by atoms with Crippen LogP contribution in [0.25, 0.3) is 77.4 Å². The Kier molecular flexibility index (Phi) is 11.5. The number of rotatable bonds is 8. The first-order chi connectivity index (χ1) is 37.6. The molecule has 6 nitrogen and oxygen atoms in total. The minimum absolute atomic E-state index is 0.0543. The van der Waals surface area contributed by atoms with Crippen molar-refractivity contribution in [3.8, 4) is 45.3 Å². The first-order valence-electron chi connectivity index (χ1n) is 27.4. The van der Waals surface area contributed by atoms with E-state index in [0.717, 1.165) is 72.9 Å². The molecule has 0 saturated heterocycles. The molecule has 1 aliphatic heterocycles. The molecule has 0 aliphatic carbocycles. The number of benzene rings is 9. The van der Waals surface area contributed by atoms with E-state index in [1.165, 1.54) is 55.4 Å². The highest BCUT2D eigenvalue weighted by Crippen LogP contribution is 2.50. The van der Waals surface area contributed by atoms with Crippen LogP contribution >= 0.6 is 0 Å². The van der Waals surface area contributed by atoms with Gasteiger partial charge in [-0.05, 0) is 116 Å². The van der Waals surface area contributed by atoms with E-state index in [4.69, 9.17) is 9.72 Å². The Bertz CT molecular complexity index is 4240. The third-order valence-corrected chi connectivity index (χ3v) is 15.9. The molecule has 0 fully saturated rings. The largest absolute Gasteiger partial charge is 0.457 e. The van der Waals surface area contributed by atoms with Crippen LogP contribution in [0, 0.1) is 0 Å². The summed E-state index contributed by atoms with van der Waals surface area (Å²) >= 11 is 0. The van der Waals surface area contributed by atoms with E-state index in [1.54, 1.807) is 0 Å². The third kappa shape index (κ3) is 8.47. The van der Waals surface area contributed by atoms with E-state index in [9.17, 15) is 0 Å². The maximum absolute atomic E-state index is 7.24. The first kappa shape index (κ1) is 48.8. The van der Waals surface area contributed by atoms with Gasteiger partial charge in [0, 0.05) is 57.2 Å². The van der Waals surface area contributed by atoms with E-state index in [0.29, 0.717) is 6.67 Å². The van der Waals surface area contributed by atoms with E-state index < -0.39 is 0 Å². The van der Waals surface area contributed by atoms with Crippen LogP contribution < -0.4 is 14.5 Å². The van der Waals surface area contributed by atoms with Gasteiger partial charge in [-0.15, -0.1) is 0 Å². The molecule has 0 N–H and O–H groups in total. The molecule has 4 heterocycles. The summed E-state index contributed by atoms with van der Waals surface area (Å²) in [4.78, 5) is 10.0. The molecule has 13 rings (SSSR count). The van der Waals surface area contributed by atoms with Gasteiger partial charge in [-0.3, -0.25) is 4.57 Å². The van der Waals surface area contributed by atoms with E-state index in [2.05, 4.69) is 294 Å². The van der Waals surface area contributed by atoms with Crippen LogP contribution in [-0.2, 0) is 16.2 Å². The van der Waals surface area contributed by atoms with Crippen molar-refractivity contribution in [3.63, 3.8) is 0 Å². The molecule has 0 atom stereocenters. The van der Waals surface area contributed by atoms with E-state index in [1.807, 2.05) is 6.20 Å². The third-order valence-electron chi connectivity index (χ3n) is 15.9. The first-order valence-corrected chi connectivity index (χ1v) is 27.4. The second-order valence-corrected chi connectivity index (χ2v) is 24.2. The van der Waals surface area contributed by atoms with Gasteiger partial charge in [-0.1, -0.05) is 190 Å². The molecular weight excluding hydrogens is 951 g/mol. The number of ether oxygens (including phenoxy) is 1. The molecule has 9 aromatic carbocycles. The molecule has 3 aromatic heterocycles. The molecule has 12 aromatic rings. The zero-order chi connectivity index (χ0) is 53.7. The summed E-state index contributed by atoms with van der Waals surface area (Å²) in [6.45, 7) is 21.2. The monoisotopic (exact) mass is 1020 g/mol. The highest BCUT2D eigenvalue weighted by molar-refractivity contribution is 6.17. The average Bonchev–Trinajstić information content (AvgIpc) is 4.32. The average molecular weight is 1020 g/mol. The van der Waals surface area contributed by atoms with Crippen LogP contribution in [0.5, 0.6) is 11.5 Å². The highest BCUT2D eigenvalue weighted by atomic mass is 16.5. The minimum atomic E-state index is -0.0693. The lowest BCUT2D eigenvalue weighted by molar-refractivity contribution is 0.483. The van der Waals surface area contributed by atoms with Gasteiger partial charge >= 0.3 is 0 Å². The van der Waals surface area contributed by atoms with Gasteiger partial charge < -0.3 is 19.1 Å². The van der Waals surface area contributed by atoms with Crippen molar-refractivity contribution in [3.05, 3.63) is 235 Å². The van der Waals surface area contributed by atoms with Crippen molar-refractivity contribution in [1.29, 1.82) is 0 Å². The fraction of sp³-hybridized carbons (Fsp3) is 0.181. The smallest absolute Gasteiger partial charge is 0.137 e. The fourth-order valence-electron chi connectivity index (χ4n) is 11.7. The zero-order valence-corrected chi connectivity index (χ0v) is 46.1. The Morgan fingerprint density at radius 1 is 0.372 bits per heavy atom. The number of pyridine rings is 1. The van der Waals surface area contributed by atoms with Gasteiger partial charge in [0.25, 0.3) is 0 Å². The molecule has 384 valence electrons. The van der Waals surface area contributed by atoms with Crippen LogP contribution in [0.1, 0.15) is 79.0 Å². The topological polar surface area (TPSA) is 38.5 Å². The van der Waals surface area contributed by atoms with Crippen LogP contribution in [0.15, 0.2) is 219 Å². The van der Waals surface area contributed by atoms with Crippen molar-refractivity contribution in [2.24, 2.45) is 0 Å². The summed E-state index contributed by atoms with van der Waals surface area (Å²) < 4.78 is 12.0. The van der Waals surface area contributed by atoms with Crippen molar-refractivity contribution in [1.82, 2.24) is 14.1 Å². The highest BCUT2D eigenvalue weighted by Gasteiger charge is 2.32. The molecule has 0 saturated carbocycles. The van der Waals surface area contributed by atoms with Crippen molar-refractivity contribution in [2.75, 3.05) is 16.5 Å². The second-order valence-electron chi connectivity index (χ2n) is 24.2. The van der Waals surface area contributed by atoms with Crippen molar-refractivity contribution in [2.45, 2.75) is 78.6 Å². The van der Waals surface area contributed by atoms with Gasteiger partial charge in [-0.2, -0.15) is 0 Å². The molecule has 0 bridgehead atoms. The van der Waals surface area contributed by atoms with Gasteiger partial charge in [0.05, 0.1) is 44.8 Å². The molecule has 0 radical (unpaired) electrons. The lowest BCUT2D eigenvalue weighted by Crippen LogP contribution is -2.25. The standard InChI is InChI=1S/C72H65N5O/c1-70(2,3)50-34-35-56(49-38-48(47-22-11-10-12-23-47)39-52(40-49)72(7,8)9)65(41-50)75-46-74(63-32-19-20-33-64(63)75)53-24-21-25-54(43-53)78-55-44-66(76-60-29-16-13-26-57(60)58-27-14-17-30-61(58)76)69-59-28-15-18-31-62(59)77(67(69)45-55)68-42-51(36-37-73-68)71(4,5)6/h10-45H,46H2,1-9H3. The normalized spacial score (nSPS) is 13.1. The van der Waals surface area contributed by atoms with Gasteiger partial charge in [-0.25, -0.2) is 4.98 Å². The lowest BCUT2D eigenvalue weighted by Gasteiger charge is -2.28. The second kappa shape index (κ2) is 18.4. The van der Waals surface area contributed by atoms with Crippen LogP contribution in [0.3, 0.4) is 0 Å². The van der Waals surface area contributed by atoms with Gasteiger partial charge in [0.2, 0.25) is 0 Å². The van der Waals surface area contributed by atoms with Crippen molar-refractivity contribution < 1.29 is 4.74 Å². The molecule has 0 unspecified atom stereocenters. The maximum Gasteiger partial charge on any atom is 0.137 e. The van der Waals surface area contributed by atoms with Gasteiger partial charge in [0.1, 0.15) is 24.0 Å². The van der Waals surface area contributed by atoms with E-state index in [-0.39, 0.29) is 16.2 Å². The number of anilines is 4. The summed E-state index contributed by atoms with van der Waals surface area (Å²) in [6, 6.07) is 77.5. The molecule has 1 aliphatic rings. The maximum atomic E-state index is 7.24. The van der Waals surface area contributed by atoms with Gasteiger partial charge in [0.15, 0.2) is 0 Å². The summed E-state index contributed by atoms with van der Waals surface area (Å²) in [6.07, 6.45) is 1.95. The Morgan fingerprint density at radius 3 is 1.64 bits per heavy atom. The number of hydrogen-bond acceptors (Lipinski definition) is 4. The zero-order valence-electron chi connectivity index (χ0n) is 46.1. The number of fused-ring (bicyclic) bond motifs is 7. The molecule has 6 heteroatoms. The van der Waals surface area contributed by atoms with Crippen LogP contribution in [-0.4, -0.2) is 20.8 Å².